The quantitative estimate of drug-likeness (QED) is 0.167. The van der Waals surface area contributed by atoms with Gasteiger partial charge in [-0.25, -0.2) is 17.6 Å². The molecule has 9 nitrogen and oxygen atoms in total. The number of ether oxygens (including phenoxy) is 1. The molecule has 0 bridgehead atoms. The van der Waals surface area contributed by atoms with Crippen LogP contribution in [0.3, 0.4) is 0 Å². The van der Waals surface area contributed by atoms with Crippen molar-refractivity contribution >= 4 is 57.8 Å². The predicted octanol–water partition coefficient (Wildman–Crippen LogP) is 7.16. The number of benzene rings is 1. The SMILES string of the molecule is O=C(N[C@H]1CC[C@H](C(F)(F)F)CC1)c1cc2[nH]c(Nc3c(Cl)ccc(CNC(=O)C4CC(F)(F)C4)c3Cl)nc2nc1OCC(F)F. The lowest BCUT2D eigenvalue weighted by Crippen LogP contribution is -2.44. The molecule has 2 aliphatic rings. The fourth-order valence-corrected chi connectivity index (χ4v) is 5.90. The van der Waals surface area contributed by atoms with E-state index in [4.69, 9.17) is 27.9 Å². The highest BCUT2D eigenvalue weighted by Gasteiger charge is 2.48. The molecule has 0 radical (unpaired) electrons. The first-order valence-electron chi connectivity index (χ1n) is 14.2. The number of carbonyl (C=O) groups is 2. The van der Waals surface area contributed by atoms with E-state index in [0.29, 0.717) is 5.56 Å². The first kappa shape index (κ1) is 33.8. The van der Waals surface area contributed by atoms with Gasteiger partial charge in [0.25, 0.3) is 12.3 Å². The highest BCUT2D eigenvalue weighted by Crippen LogP contribution is 2.43. The van der Waals surface area contributed by atoms with E-state index in [1.807, 2.05) is 0 Å². The highest BCUT2D eigenvalue weighted by molar-refractivity contribution is 6.39. The van der Waals surface area contributed by atoms with Crippen molar-refractivity contribution in [1.29, 1.82) is 0 Å². The molecule has 2 aromatic heterocycles. The first-order chi connectivity index (χ1) is 21.6. The summed E-state index contributed by atoms with van der Waals surface area (Å²) in [6, 6.07) is 3.71. The predicted molar refractivity (Wildman–Crippen MR) is 154 cm³/mol. The molecular formula is C28H27Cl2F7N6O3. The highest BCUT2D eigenvalue weighted by atomic mass is 35.5. The van der Waals surface area contributed by atoms with Gasteiger partial charge in [0.2, 0.25) is 23.7 Å². The Morgan fingerprint density at radius 3 is 2.41 bits per heavy atom. The second-order valence-corrected chi connectivity index (χ2v) is 12.0. The molecule has 2 aliphatic carbocycles. The zero-order valence-corrected chi connectivity index (χ0v) is 25.2. The van der Waals surface area contributed by atoms with Gasteiger partial charge in [0.05, 0.1) is 27.2 Å². The molecule has 2 fully saturated rings. The summed E-state index contributed by atoms with van der Waals surface area (Å²) in [6.45, 7) is -1.16. The van der Waals surface area contributed by atoms with Crippen LogP contribution in [0.5, 0.6) is 5.88 Å². The normalized spacial score (nSPS) is 20.0. The molecular weight excluding hydrogens is 672 g/mol. The molecule has 46 heavy (non-hydrogen) atoms. The molecule has 0 atom stereocenters. The van der Waals surface area contributed by atoms with E-state index in [0.717, 1.165) is 0 Å². The number of alkyl halides is 7. The van der Waals surface area contributed by atoms with E-state index in [9.17, 15) is 40.3 Å². The number of carbonyl (C=O) groups excluding carboxylic acids is 2. The fraction of sp³-hybridized carbons (Fsp3) is 0.500. The van der Waals surface area contributed by atoms with Crippen molar-refractivity contribution in [3.8, 4) is 5.88 Å². The number of nitrogens with one attached hydrogen (secondary N) is 4. The summed E-state index contributed by atoms with van der Waals surface area (Å²) in [6.07, 6.45) is -8.42. The smallest absolute Gasteiger partial charge is 0.391 e. The largest absolute Gasteiger partial charge is 0.471 e. The third-order valence-electron chi connectivity index (χ3n) is 7.88. The van der Waals surface area contributed by atoms with Crippen LogP contribution in [0.1, 0.15) is 54.4 Å². The number of aromatic amines is 1. The number of imidazole rings is 1. The molecule has 0 spiro atoms. The van der Waals surface area contributed by atoms with Gasteiger partial charge in [-0.3, -0.25) is 9.59 Å². The maximum atomic E-state index is 13.1. The van der Waals surface area contributed by atoms with Gasteiger partial charge in [-0.1, -0.05) is 29.3 Å². The molecule has 5 rings (SSSR count). The van der Waals surface area contributed by atoms with E-state index in [1.54, 1.807) is 6.07 Å². The summed E-state index contributed by atoms with van der Waals surface area (Å²) in [5.41, 5.74) is 0.464. The third kappa shape index (κ3) is 7.88. The number of hydrogen-bond acceptors (Lipinski definition) is 6. The zero-order chi connectivity index (χ0) is 33.4. The van der Waals surface area contributed by atoms with E-state index >= 15 is 0 Å². The average Bonchev–Trinajstić information content (AvgIpc) is 3.37. The Labute approximate surface area is 266 Å². The van der Waals surface area contributed by atoms with Gasteiger partial charge in [0, 0.05) is 31.3 Å². The number of fused-ring (bicyclic) bond motifs is 1. The lowest BCUT2D eigenvalue weighted by molar-refractivity contribution is -0.182. The number of anilines is 2. The Hall–Kier alpha value is -3.53. The van der Waals surface area contributed by atoms with Crippen molar-refractivity contribution in [2.45, 2.75) is 69.6 Å². The number of H-pyrrole nitrogens is 1. The topological polar surface area (TPSA) is 121 Å². The standard InChI is InChI=1S/C28H27Cl2F7N6O3/c29-17-6-1-12(10-38-23(44)13-8-27(33,34)9-13)20(30)21(17)41-26-40-18-7-16(25(42-22(18)43-26)46-11-19(31)32)24(45)39-15-4-2-14(3-5-15)28(35,36)37/h1,6-7,13-15,19H,2-5,8-11H2,(H,38,44)(H,39,45)(H2,40,41,42,43)/t14-,15-. The van der Waals surface area contributed by atoms with Gasteiger partial charge in [0.15, 0.2) is 12.3 Å². The second kappa shape index (κ2) is 13.3. The van der Waals surface area contributed by atoms with Crippen LogP contribution >= 0.6 is 23.2 Å². The van der Waals surface area contributed by atoms with E-state index < -0.39 is 73.5 Å². The summed E-state index contributed by atoms with van der Waals surface area (Å²) >= 11 is 12.9. The van der Waals surface area contributed by atoms with Gasteiger partial charge in [-0.2, -0.15) is 23.1 Å². The number of pyridine rings is 1. The third-order valence-corrected chi connectivity index (χ3v) is 8.63. The van der Waals surface area contributed by atoms with Crippen molar-refractivity contribution in [1.82, 2.24) is 25.6 Å². The molecule has 2 heterocycles. The van der Waals surface area contributed by atoms with Crippen molar-refractivity contribution in [2.24, 2.45) is 11.8 Å². The molecule has 2 amide bonds. The molecule has 1 aromatic carbocycles. The number of aromatic nitrogens is 3. The summed E-state index contributed by atoms with van der Waals surface area (Å²) in [5, 5.41) is 8.33. The summed E-state index contributed by atoms with van der Waals surface area (Å²) in [5.74, 6) is -6.84. The Kier molecular flexibility index (Phi) is 9.78. The van der Waals surface area contributed by atoms with Crippen LogP contribution < -0.4 is 20.7 Å². The Morgan fingerprint density at radius 2 is 1.78 bits per heavy atom. The molecule has 3 aromatic rings. The minimum Gasteiger partial charge on any atom is -0.471 e. The Morgan fingerprint density at radius 1 is 1.09 bits per heavy atom. The van der Waals surface area contributed by atoms with Gasteiger partial charge in [-0.05, 0) is 43.4 Å². The summed E-state index contributed by atoms with van der Waals surface area (Å²) < 4.78 is 96.4. The van der Waals surface area contributed by atoms with Crippen LogP contribution in [0.15, 0.2) is 18.2 Å². The lowest BCUT2D eigenvalue weighted by atomic mass is 9.81. The maximum Gasteiger partial charge on any atom is 0.391 e. The van der Waals surface area contributed by atoms with Crippen molar-refractivity contribution < 1.29 is 45.1 Å². The Balaban J connectivity index is 1.32. The van der Waals surface area contributed by atoms with Gasteiger partial charge >= 0.3 is 6.18 Å². The van der Waals surface area contributed by atoms with E-state index in [2.05, 4.69) is 30.9 Å². The average molecular weight is 699 g/mol. The number of nitrogens with zero attached hydrogens (tertiary/aromatic N) is 2. The van der Waals surface area contributed by atoms with E-state index in [-0.39, 0.29) is 70.6 Å². The molecule has 2 saturated carbocycles. The van der Waals surface area contributed by atoms with Crippen LogP contribution in [0.4, 0.5) is 42.4 Å². The van der Waals surface area contributed by atoms with Gasteiger partial charge < -0.3 is 25.7 Å². The number of rotatable bonds is 10. The second-order valence-electron chi connectivity index (χ2n) is 11.3. The minimum absolute atomic E-state index is 0.0204. The van der Waals surface area contributed by atoms with E-state index in [1.165, 1.54) is 12.1 Å². The maximum absolute atomic E-state index is 13.1. The van der Waals surface area contributed by atoms with Crippen LogP contribution in [0, 0.1) is 11.8 Å². The molecule has 4 N–H and O–H groups in total. The molecule has 18 heteroatoms. The number of amides is 2. The molecule has 0 unspecified atom stereocenters. The lowest BCUT2D eigenvalue weighted by Gasteiger charge is -2.33. The van der Waals surface area contributed by atoms with Crippen LogP contribution in [-0.2, 0) is 11.3 Å². The summed E-state index contributed by atoms with van der Waals surface area (Å²) in [7, 11) is 0. The molecule has 0 aliphatic heterocycles. The Bertz CT molecular complexity index is 1600. The van der Waals surface area contributed by atoms with Crippen LogP contribution in [0.25, 0.3) is 11.2 Å². The van der Waals surface area contributed by atoms with Crippen LogP contribution in [-0.4, -0.2) is 57.9 Å². The summed E-state index contributed by atoms with van der Waals surface area (Å²) in [4.78, 5) is 36.6. The van der Waals surface area contributed by atoms with Gasteiger partial charge in [-0.15, -0.1) is 0 Å². The zero-order valence-electron chi connectivity index (χ0n) is 23.7. The first-order valence-corrected chi connectivity index (χ1v) is 14.9. The molecule has 0 saturated heterocycles. The van der Waals surface area contributed by atoms with Crippen molar-refractivity contribution in [3.63, 3.8) is 0 Å². The number of hydrogen-bond donors (Lipinski definition) is 4. The van der Waals surface area contributed by atoms with Gasteiger partial charge in [0.1, 0.15) is 5.56 Å². The fourth-order valence-electron chi connectivity index (χ4n) is 5.37. The monoisotopic (exact) mass is 698 g/mol. The van der Waals surface area contributed by atoms with Crippen molar-refractivity contribution in [2.75, 3.05) is 11.9 Å². The van der Waals surface area contributed by atoms with Crippen molar-refractivity contribution in [3.05, 3.63) is 39.4 Å². The molecule has 250 valence electrons. The number of halogens is 9. The minimum atomic E-state index is -4.32. The van der Waals surface area contributed by atoms with Crippen LogP contribution in [0.2, 0.25) is 10.0 Å².